The maximum atomic E-state index is 12.0. The van der Waals surface area contributed by atoms with Crippen molar-refractivity contribution in [3.8, 4) is 5.75 Å². The molecule has 0 spiro atoms. The number of aromatic nitrogens is 2. The molecule has 0 unspecified atom stereocenters. The van der Waals surface area contributed by atoms with Gasteiger partial charge in [0.15, 0.2) is 0 Å². The Labute approximate surface area is 105 Å². The summed E-state index contributed by atoms with van der Waals surface area (Å²) in [6, 6.07) is 5.81. The van der Waals surface area contributed by atoms with E-state index in [0.717, 1.165) is 0 Å². The van der Waals surface area contributed by atoms with E-state index in [1.165, 1.54) is 12.1 Å². The fourth-order valence-electron chi connectivity index (χ4n) is 1.05. The number of halogens is 1. The average Bonchev–Trinajstić information content (AvgIpc) is 2.35. The number of para-hydroxylation sites is 1. The lowest BCUT2D eigenvalue weighted by Gasteiger charge is -1.95. The fourth-order valence-corrected chi connectivity index (χ4v) is 1.05. The summed E-state index contributed by atoms with van der Waals surface area (Å²) < 4.78 is 12.0. The van der Waals surface area contributed by atoms with Crippen LogP contribution >= 0.6 is 0 Å². The summed E-state index contributed by atoms with van der Waals surface area (Å²) in [5, 5.41) is 17.3. The molecule has 0 aliphatic heterocycles. The Balaban J connectivity index is 0.000000191. The summed E-state index contributed by atoms with van der Waals surface area (Å²) in [7, 11) is 0. The molecule has 0 saturated heterocycles. The van der Waals surface area contributed by atoms with Gasteiger partial charge in [-0.2, -0.15) is 4.39 Å². The number of carboxylic acid groups (broad SMARTS) is 1. The molecule has 0 bridgehead atoms. The molecule has 1 aromatic carbocycles. The molecule has 0 amide bonds. The van der Waals surface area contributed by atoms with Crippen molar-refractivity contribution in [2.24, 2.45) is 0 Å². The van der Waals surface area contributed by atoms with Crippen LogP contribution in [0.2, 0.25) is 0 Å². The largest absolute Gasteiger partial charge is 0.507 e. The Hall–Kier alpha value is -2.90. The molecule has 1 heterocycles. The second-order valence-corrected chi connectivity index (χ2v) is 3.24. The number of phenols is 1. The SMILES string of the molecule is O=C(O)c1ccccc1O.O=c1[nH]cc(F)c(=O)[nH]1. The van der Waals surface area contributed by atoms with E-state index in [1.54, 1.807) is 17.1 Å². The van der Waals surface area contributed by atoms with Crippen LogP contribution in [0.4, 0.5) is 4.39 Å². The highest BCUT2D eigenvalue weighted by Crippen LogP contribution is 2.14. The molecule has 4 N–H and O–H groups in total. The van der Waals surface area contributed by atoms with Crippen molar-refractivity contribution in [1.82, 2.24) is 9.97 Å². The number of aromatic amines is 2. The van der Waals surface area contributed by atoms with Crippen molar-refractivity contribution >= 4 is 5.97 Å². The molecular formula is C11H9FN2O5. The lowest BCUT2D eigenvalue weighted by Crippen LogP contribution is -2.23. The predicted molar refractivity (Wildman–Crippen MR) is 62.7 cm³/mol. The number of hydrogen-bond donors (Lipinski definition) is 4. The highest BCUT2D eigenvalue weighted by molar-refractivity contribution is 5.90. The van der Waals surface area contributed by atoms with Gasteiger partial charge >= 0.3 is 11.7 Å². The van der Waals surface area contributed by atoms with Crippen LogP contribution in [0.25, 0.3) is 0 Å². The van der Waals surface area contributed by atoms with Gasteiger partial charge in [-0.3, -0.25) is 9.78 Å². The topological polar surface area (TPSA) is 123 Å². The van der Waals surface area contributed by atoms with E-state index >= 15 is 0 Å². The molecule has 2 rings (SSSR count). The number of H-pyrrole nitrogens is 2. The van der Waals surface area contributed by atoms with Crippen molar-refractivity contribution in [2.75, 3.05) is 0 Å². The Kier molecular flexibility index (Phi) is 4.58. The minimum absolute atomic E-state index is 0.0671. The standard InChI is InChI=1S/C7H6O3.C4H3FN2O2/c8-6-4-2-1-3-5(6)7(9)10;5-2-1-6-4(9)7-3(2)8/h1-4,8H,(H,9,10);1H,(H2,6,7,8,9). The Morgan fingerprint density at radius 2 is 1.84 bits per heavy atom. The van der Waals surface area contributed by atoms with E-state index in [2.05, 4.69) is 0 Å². The molecule has 0 saturated carbocycles. The first kappa shape index (κ1) is 14.2. The first-order chi connectivity index (χ1) is 8.91. The third-order valence-corrected chi connectivity index (χ3v) is 1.91. The van der Waals surface area contributed by atoms with Gasteiger partial charge in [0.2, 0.25) is 5.82 Å². The molecule has 100 valence electrons. The molecule has 19 heavy (non-hydrogen) atoms. The van der Waals surface area contributed by atoms with Gasteiger partial charge in [-0.05, 0) is 12.1 Å². The van der Waals surface area contributed by atoms with Crippen LogP contribution in [0.15, 0.2) is 40.1 Å². The molecule has 2 aromatic rings. The van der Waals surface area contributed by atoms with Crippen LogP contribution in [0, 0.1) is 5.82 Å². The van der Waals surface area contributed by atoms with Crippen LogP contribution in [0.1, 0.15) is 10.4 Å². The van der Waals surface area contributed by atoms with Gasteiger partial charge in [0.1, 0.15) is 11.3 Å². The average molecular weight is 268 g/mol. The van der Waals surface area contributed by atoms with Crippen molar-refractivity contribution in [1.29, 1.82) is 0 Å². The van der Waals surface area contributed by atoms with Crippen molar-refractivity contribution in [3.63, 3.8) is 0 Å². The zero-order valence-corrected chi connectivity index (χ0v) is 9.38. The van der Waals surface area contributed by atoms with Gasteiger partial charge in [0.05, 0.1) is 0 Å². The van der Waals surface area contributed by atoms with Gasteiger partial charge < -0.3 is 15.2 Å². The Morgan fingerprint density at radius 3 is 2.26 bits per heavy atom. The summed E-state index contributed by atoms with van der Waals surface area (Å²) in [6.45, 7) is 0. The van der Waals surface area contributed by atoms with Gasteiger partial charge in [-0.25, -0.2) is 9.59 Å². The number of nitrogens with one attached hydrogen (secondary N) is 2. The lowest BCUT2D eigenvalue weighted by molar-refractivity contribution is 0.0693. The normalized spacial score (nSPS) is 9.32. The number of aromatic hydroxyl groups is 1. The van der Waals surface area contributed by atoms with Gasteiger partial charge in [0, 0.05) is 6.20 Å². The van der Waals surface area contributed by atoms with E-state index < -0.39 is 23.0 Å². The Morgan fingerprint density at radius 1 is 1.21 bits per heavy atom. The minimum Gasteiger partial charge on any atom is -0.507 e. The molecule has 0 atom stereocenters. The third kappa shape index (κ3) is 4.11. The molecule has 0 radical (unpaired) electrons. The minimum atomic E-state index is -1.11. The smallest absolute Gasteiger partial charge is 0.339 e. The summed E-state index contributed by atoms with van der Waals surface area (Å²) in [5.74, 6) is -2.30. The molecule has 1 aromatic heterocycles. The van der Waals surface area contributed by atoms with E-state index in [4.69, 9.17) is 10.2 Å². The monoisotopic (exact) mass is 268 g/mol. The molecule has 0 aliphatic rings. The highest BCUT2D eigenvalue weighted by atomic mass is 19.1. The molecule has 0 fully saturated rings. The first-order valence-corrected chi connectivity index (χ1v) is 4.90. The van der Waals surface area contributed by atoms with Crippen molar-refractivity contribution in [2.45, 2.75) is 0 Å². The van der Waals surface area contributed by atoms with Crippen LogP contribution in [-0.2, 0) is 0 Å². The van der Waals surface area contributed by atoms with Crippen LogP contribution in [0.5, 0.6) is 5.75 Å². The molecule has 8 heteroatoms. The van der Waals surface area contributed by atoms with Crippen LogP contribution in [0.3, 0.4) is 0 Å². The van der Waals surface area contributed by atoms with E-state index in [0.29, 0.717) is 6.20 Å². The summed E-state index contributed by atoms with van der Waals surface area (Å²) in [4.78, 5) is 34.3. The summed E-state index contributed by atoms with van der Waals surface area (Å²) in [6.07, 6.45) is 0.709. The van der Waals surface area contributed by atoms with Gasteiger partial charge in [0.25, 0.3) is 5.56 Å². The maximum absolute atomic E-state index is 12.0. The second kappa shape index (κ2) is 6.15. The molecule has 0 aliphatic carbocycles. The predicted octanol–water partition coefficient (Wildman–Crippen LogP) is 0.293. The number of aromatic carboxylic acids is 1. The van der Waals surface area contributed by atoms with Gasteiger partial charge in [-0.15, -0.1) is 0 Å². The third-order valence-electron chi connectivity index (χ3n) is 1.91. The van der Waals surface area contributed by atoms with Crippen molar-refractivity contribution < 1.29 is 19.4 Å². The van der Waals surface area contributed by atoms with Crippen LogP contribution < -0.4 is 11.2 Å². The van der Waals surface area contributed by atoms with Crippen molar-refractivity contribution in [3.05, 3.63) is 62.7 Å². The maximum Gasteiger partial charge on any atom is 0.339 e. The zero-order valence-electron chi connectivity index (χ0n) is 9.38. The quantitative estimate of drug-likeness (QED) is 0.592. The second-order valence-electron chi connectivity index (χ2n) is 3.24. The molecule has 7 nitrogen and oxygen atoms in total. The lowest BCUT2D eigenvalue weighted by atomic mass is 10.2. The van der Waals surface area contributed by atoms with Gasteiger partial charge in [-0.1, -0.05) is 12.1 Å². The number of carbonyl (C=O) groups is 1. The zero-order chi connectivity index (χ0) is 14.4. The number of carboxylic acids is 1. The fraction of sp³-hybridized carbons (Fsp3) is 0. The van der Waals surface area contributed by atoms with E-state index in [-0.39, 0.29) is 11.3 Å². The molecular weight excluding hydrogens is 259 g/mol. The Bertz CT molecular complexity index is 692. The van der Waals surface area contributed by atoms with E-state index in [9.17, 15) is 18.8 Å². The number of benzene rings is 1. The summed E-state index contributed by atoms with van der Waals surface area (Å²) >= 11 is 0. The first-order valence-electron chi connectivity index (χ1n) is 4.90. The summed E-state index contributed by atoms with van der Waals surface area (Å²) in [5.41, 5.74) is -1.78. The van der Waals surface area contributed by atoms with Crippen LogP contribution in [-0.4, -0.2) is 26.2 Å². The number of hydrogen-bond acceptors (Lipinski definition) is 4. The van der Waals surface area contributed by atoms with E-state index in [1.807, 2.05) is 4.98 Å². The number of rotatable bonds is 1. The highest BCUT2D eigenvalue weighted by Gasteiger charge is 2.05.